The van der Waals surface area contributed by atoms with E-state index in [-0.39, 0.29) is 16.6 Å². The lowest BCUT2D eigenvalue weighted by molar-refractivity contribution is -0.384. The Kier molecular flexibility index (Phi) is 5.67. The van der Waals surface area contributed by atoms with Gasteiger partial charge in [0.25, 0.3) is 5.69 Å². The van der Waals surface area contributed by atoms with Crippen molar-refractivity contribution < 1.29 is 13.3 Å². The molecule has 1 N–H and O–H groups in total. The number of imidazole rings is 1. The third-order valence-corrected chi connectivity index (χ3v) is 7.29. The smallest absolute Gasteiger partial charge is 0.293 e. The Labute approximate surface area is 180 Å². The highest BCUT2D eigenvalue weighted by Gasteiger charge is 2.29. The molecule has 0 saturated carbocycles. The summed E-state index contributed by atoms with van der Waals surface area (Å²) in [6.07, 6.45) is 2.48. The number of fused-ring (bicyclic) bond motifs is 1. The maximum atomic E-state index is 12.0. The van der Waals surface area contributed by atoms with Gasteiger partial charge in [0.2, 0.25) is 10.0 Å². The van der Waals surface area contributed by atoms with E-state index in [9.17, 15) is 18.5 Å². The normalized spacial score (nSPS) is 15.5. The lowest BCUT2D eigenvalue weighted by atomic mass is 10.0. The topological polar surface area (TPSA) is 110 Å². The molecule has 0 bridgehead atoms. The molecule has 0 aliphatic carbocycles. The number of anilines is 1. The summed E-state index contributed by atoms with van der Waals surface area (Å²) in [5.74, 6) is 1.05. The lowest BCUT2D eigenvalue weighted by Gasteiger charge is -2.34. The van der Waals surface area contributed by atoms with Gasteiger partial charge in [0, 0.05) is 31.6 Å². The first-order valence-corrected chi connectivity index (χ1v) is 11.8. The van der Waals surface area contributed by atoms with Crippen molar-refractivity contribution in [1.29, 1.82) is 0 Å². The van der Waals surface area contributed by atoms with Crippen molar-refractivity contribution in [3.63, 3.8) is 0 Å². The molecule has 2 heterocycles. The highest BCUT2D eigenvalue weighted by molar-refractivity contribution is 7.89. The Bertz CT molecular complexity index is 1230. The molecule has 0 radical (unpaired) electrons. The number of nitro benzene ring substituents is 1. The van der Waals surface area contributed by atoms with Crippen molar-refractivity contribution in [1.82, 2.24) is 14.3 Å². The highest BCUT2D eigenvalue weighted by atomic mass is 32.2. The minimum atomic E-state index is -3.75. The third-order valence-electron chi connectivity index (χ3n) is 5.88. The Morgan fingerprint density at radius 1 is 1.19 bits per heavy atom. The van der Waals surface area contributed by atoms with E-state index < -0.39 is 14.9 Å². The summed E-state index contributed by atoms with van der Waals surface area (Å²) in [4.78, 5) is 17.8. The first-order valence-electron chi connectivity index (χ1n) is 10.3. The number of sulfonamides is 1. The van der Waals surface area contributed by atoms with Gasteiger partial charge in [-0.1, -0.05) is 19.1 Å². The molecule has 2 aromatic carbocycles. The lowest BCUT2D eigenvalue weighted by Crippen LogP contribution is -2.35. The van der Waals surface area contributed by atoms with Gasteiger partial charge in [-0.25, -0.2) is 18.1 Å². The molecule has 0 unspecified atom stereocenters. The van der Waals surface area contributed by atoms with Gasteiger partial charge in [-0.05, 0) is 44.2 Å². The third kappa shape index (κ3) is 3.88. The Morgan fingerprint density at radius 3 is 2.55 bits per heavy atom. The molecule has 1 saturated heterocycles. The van der Waals surface area contributed by atoms with Crippen molar-refractivity contribution in [2.24, 2.45) is 0 Å². The Hall–Kier alpha value is -2.98. The van der Waals surface area contributed by atoms with Crippen LogP contribution < -0.4 is 9.62 Å². The molecule has 1 aliphatic heterocycles. The van der Waals surface area contributed by atoms with Crippen LogP contribution in [-0.2, 0) is 16.4 Å². The van der Waals surface area contributed by atoms with Crippen molar-refractivity contribution in [2.75, 3.05) is 25.0 Å². The van der Waals surface area contributed by atoms with Crippen LogP contribution in [0.5, 0.6) is 0 Å². The molecular formula is C21H25N5O4S. The van der Waals surface area contributed by atoms with Crippen LogP contribution in [-0.4, -0.2) is 43.0 Å². The number of hydrogen-bond donors (Lipinski definition) is 1. The van der Waals surface area contributed by atoms with Gasteiger partial charge < -0.3 is 9.47 Å². The number of aryl methyl sites for hydroxylation is 1. The number of hydrogen-bond acceptors (Lipinski definition) is 6. The summed E-state index contributed by atoms with van der Waals surface area (Å²) >= 11 is 0. The van der Waals surface area contributed by atoms with E-state index in [1.807, 2.05) is 23.1 Å². The molecule has 164 valence electrons. The summed E-state index contributed by atoms with van der Waals surface area (Å²) in [5, 5.41) is 11.7. The first-order chi connectivity index (χ1) is 14.9. The fourth-order valence-corrected chi connectivity index (χ4v) is 5.07. The van der Waals surface area contributed by atoms with E-state index in [4.69, 9.17) is 4.98 Å². The van der Waals surface area contributed by atoms with Gasteiger partial charge in [-0.3, -0.25) is 10.1 Å². The van der Waals surface area contributed by atoms with Crippen LogP contribution in [0.3, 0.4) is 0 Å². The Morgan fingerprint density at radius 2 is 1.90 bits per heavy atom. The Balaban J connectivity index is 1.61. The molecular weight excluding hydrogens is 418 g/mol. The standard InChI is InChI=1S/C21H25N5O4S/c1-3-21-23-17-6-4-5-7-18(17)25(21)15-10-12-24(13-11-15)19-9-8-16(31(29,30)22-2)14-20(19)26(27)28/h4-9,14-15,22H,3,10-13H2,1-2H3. The summed E-state index contributed by atoms with van der Waals surface area (Å²) < 4.78 is 28.6. The monoisotopic (exact) mass is 443 g/mol. The zero-order valence-electron chi connectivity index (χ0n) is 17.5. The first kappa shape index (κ1) is 21.3. The van der Waals surface area contributed by atoms with Crippen LogP contribution in [0.1, 0.15) is 31.6 Å². The minimum Gasteiger partial charge on any atom is -0.366 e. The van der Waals surface area contributed by atoms with Crippen LogP contribution in [0, 0.1) is 10.1 Å². The van der Waals surface area contributed by atoms with E-state index in [0.717, 1.165) is 42.2 Å². The molecule has 1 aromatic heterocycles. The average Bonchev–Trinajstić information content (AvgIpc) is 3.17. The fraction of sp³-hybridized carbons (Fsp3) is 0.381. The van der Waals surface area contributed by atoms with Crippen LogP contribution in [0.15, 0.2) is 47.4 Å². The predicted octanol–water partition coefficient (Wildman–Crippen LogP) is 3.26. The number of rotatable bonds is 6. The van der Waals surface area contributed by atoms with Gasteiger partial charge in [0.15, 0.2) is 0 Å². The molecule has 10 heteroatoms. The van der Waals surface area contributed by atoms with E-state index >= 15 is 0 Å². The van der Waals surface area contributed by atoms with Crippen LogP contribution in [0.25, 0.3) is 11.0 Å². The number of nitrogens with zero attached hydrogens (tertiary/aromatic N) is 4. The summed E-state index contributed by atoms with van der Waals surface area (Å²) in [6.45, 7) is 3.37. The summed E-state index contributed by atoms with van der Waals surface area (Å²) in [6, 6.07) is 12.4. The number of benzene rings is 2. The second kappa shape index (κ2) is 8.27. The van der Waals surface area contributed by atoms with Crippen molar-refractivity contribution in [2.45, 2.75) is 37.1 Å². The summed E-state index contributed by atoms with van der Waals surface area (Å²) in [5.41, 5.74) is 2.35. The quantitative estimate of drug-likeness (QED) is 0.462. The number of nitrogens with one attached hydrogen (secondary N) is 1. The highest BCUT2D eigenvalue weighted by Crippen LogP contribution is 2.36. The van der Waals surface area contributed by atoms with E-state index in [0.29, 0.717) is 18.8 Å². The van der Waals surface area contributed by atoms with E-state index in [1.165, 1.54) is 19.2 Å². The molecule has 1 aliphatic rings. The van der Waals surface area contributed by atoms with Crippen LogP contribution in [0.4, 0.5) is 11.4 Å². The second-order valence-electron chi connectivity index (χ2n) is 7.57. The molecule has 1 fully saturated rings. The maximum Gasteiger partial charge on any atom is 0.293 e. The number of piperidine rings is 1. The molecule has 0 amide bonds. The molecule has 9 nitrogen and oxygen atoms in total. The van der Waals surface area contributed by atoms with Gasteiger partial charge in [0.05, 0.1) is 20.9 Å². The maximum absolute atomic E-state index is 12.0. The van der Waals surface area contributed by atoms with Crippen molar-refractivity contribution in [3.8, 4) is 0 Å². The minimum absolute atomic E-state index is 0.113. The van der Waals surface area contributed by atoms with Gasteiger partial charge in [-0.2, -0.15) is 0 Å². The van der Waals surface area contributed by atoms with Gasteiger partial charge >= 0.3 is 0 Å². The zero-order valence-corrected chi connectivity index (χ0v) is 18.3. The SMILES string of the molecule is CCc1nc2ccccc2n1C1CCN(c2ccc(S(=O)(=O)NC)cc2[N+](=O)[O-])CC1. The molecule has 31 heavy (non-hydrogen) atoms. The summed E-state index contributed by atoms with van der Waals surface area (Å²) in [7, 11) is -2.47. The van der Waals surface area contributed by atoms with E-state index in [1.54, 1.807) is 0 Å². The van der Waals surface area contributed by atoms with Crippen molar-refractivity contribution in [3.05, 3.63) is 58.4 Å². The zero-order chi connectivity index (χ0) is 22.2. The molecule has 4 rings (SSSR count). The fourth-order valence-electron chi connectivity index (χ4n) is 4.32. The van der Waals surface area contributed by atoms with Crippen molar-refractivity contribution >= 4 is 32.4 Å². The van der Waals surface area contributed by atoms with Crippen LogP contribution in [0.2, 0.25) is 0 Å². The number of aromatic nitrogens is 2. The predicted molar refractivity (Wildman–Crippen MR) is 119 cm³/mol. The largest absolute Gasteiger partial charge is 0.366 e. The van der Waals surface area contributed by atoms with Crippen LogP contribution >= 0.6 is 0 Å². The number of para-hydroxylation sites is 2. The van der Waals surface area contributed by atoms with E-state index in [2.05, 4.69) is 22.3 Å². The molecule has 0 spiro atoms. The average molecular weight is 444 g/mol. The van der Waals surface area contributed by atoms with Gasteiger partial charge in [-0.15, -0.1) is 0 Å². The number of nitro groups is 1. The second-order valence-corrected chi connectivity index (χ2v) is 9.46. The molecule has 0 atom stereocenters. The molecule has 3 aromatic rings. The van der Waals surface area contributed by atoms with Gasteiger partial charge in [0.1, 0.15) is 11.5 Å².